The van der Waals surface area contributed by atoms with E-state index in [1.165, 1.54) is 0 Å². The van der Waals surface area contributed by atoms with Gasteiger partial charge in [-0.25, -0.2) is 4.68 Å². The Labute approximate surface area is 142 Å². The maximum Gasteiger partial charge on any atom is 0.227 e. The number of benzene rings is 1. The molecular formula is C19H24N4O. The Bertz CT molecular complexity index is 766. The number of para-hydroxylation sites is 1. The zero-order valence-electron chi connectivity index (χ0n) is 14.6. The van der Waals surface area contributed by atoms with Gasteiger partial charge in [0.1, 0.15) is 0 Å². The Hall–Kier alpha value is -2.14. The number of hydrogen-bond donors (Lipinski definition) is 0. The Morgan fingerprint density at radius 2 is 1.79 bits per heavy atom. The molecule has 2 aliphatic rings. The highest BCUT2D eigenvalue weighted by atomic mass is 16.2. The molecule has 0 unspecified atom stereocenters. The molecule has 2 saturated heterocycles. The molecule has 1 spiro atoms. The largest absolute Gasteiger partial charge is 0.341 e. The van der Waals surface area contributed by atoms with Crippen LogP contribution in [0.2, 0.25) is 0 Å². The number of carbonyl (C=O) groups excluding carboxylic acids is 1. The van der Waals surface area contributed by atoms with E-state index in [4.69, 9.17) is 0 Å². The zero-order chi connectivity index (χ0) is 16.9. The number of carbonyl (C=O) groups is 1. The van der Waals surface area contributed by atoms with E-state index >= 15 is 0 Å². The average Bonchev–Trinajstić information content (AvgIpc) is 2.78. The lowest BCUT2D eigenvalue weighted by Gasteiger charge is -2.59. The minimum Gasteiger partial charge on any atom is -0.341 e. The lowest BCUT2D eigenvalue weighted by atomic mass is 9.73. The van der Waals surface area contributed by atoms with Crippen LogP contribution in [0.15, 0.2) is 30.3 Å². The van der Waals surface area contributed by atoms with Gasteiger partial charge in [-0.2, -0.15) is 5.10 Å². The van der Waals surface area contributed by atoms with E-state index in [2.05, 4.69) is 17.0 Å². The van der Waals surface area contributed by atoms with E-state index in [0.29, 0.717) is 11.8 Å². The van der Waals surface area contributed by atoms with Crippen molar-refractivity contribution in [3.05, 3.63) is 47.3 Å². The third-order valence-corrected chi connectivity index (χ3v) is 5.39. The molecule has 3 heterocycles. The third kappa shape index (κ3) is 2.44. The maximum absolute atomic E-state index is 12.6. The lowest BCUT2D eigenvalue weighted by molar-refractivity contribution is -0.155. The van der Waals surface area contributed by atoms with Gasteiger partial charge >= 0.3 is 0 Å². The van der Waals surface area contributed by atoms with Crippen LogP contribution in [0, 0.1) is 19.3 Å². The first-order valence-electron chi connectivity index (χ1n) is 8.54. The Morgan fingerprint density at radius 3 is 2.42 bits per heavy atom. The normalized spacial score (nSPS) is 19.2. The number of hydrogen-bond acceptors (Lipinski definition) is 3. The van der Waals surface area contributed by atoms with Crippen molar-refractivity contribution in [3.63, 3.8) is 0 Å². The van der Waals surface area contributed by atoms with Crippen LogP contribution in [-0.4, -0.2) is 58.7 Å². The number of aromatic nitrogens is 2. The summed E-state index contributed by atoms with van der Waals surface area (Å²) < 4.78 is 1.94. The smallest absolute Gasteiger partial charge is 0.227 e. The van der Waals surface area contributed by atoms with Crippen molar-refractivity contribution in [1.29, 1.82) is 0 Å². The summed E-state index contributed by atoms with van der Waals surface area (Å²) in [7, 11) is 2.14. The first kappa shape index (κ1) is 15.4. The lowest BCUT2D eigenvalue weighted by Crippen LogP contribution is -2.72. The molecule has 4 rings (SSSR count). The van der Waals surface area contributed by atoms with Gasteiger partial charge in [0.05, 0.1) is 17.8 Å². The van der Waals surface area contributed by atoms with Crippen molar-refractivity contribution in [1.82, 2.24) is 19.6 Å². The highest BCUT2D eigenvalue weighted by Gasteiger charge is 2.51. The molecule has 1 aromatic heterocycles. The standard InChI is InChI=1S/C19H24N4O/c1-14-17(15(2)23(20-14)16-7-5-4-6-8-16)9-18(24)22-12-19(13-22)10-21(3)11-19/h4-8H,9-13H2,1-3H3. The monoisotopic (exact) mass is 324 g/mol. The molecule has 0 bridgehead atoms. The quantitative estimate of drug-likeness (QED) is 0.865. The third-order valence-electron chi connectivity index (χ3n) is 5.39. The number of aryl methyl sites for hydroxylation is 1. The summed E-state index contributed by atoms with van der Waals surface area (Å²) in [6.07, 6.45) is 0.455. The van der Waals surface area contributed by atoms with Crippen molar-refractivity contribution >= 4 is 5.91 Å². The Kier molecular flexibility index (Phi) is 3.49. The van der Waals surface area contributed by atoms with Crippen molar-refractivity contribution in [2.45, 2.75) is 20.3 Å². The molecule has 2 fully saturated rings. The molecule has 126 valence electrons. The van der Waals surface area contributed by atoms with Crippen molar-refractivity contribution < 1.29 is 4.79 Å². The van der Waals surface area contributed by atoms with E-state index in [1.54, 1.807) is 0 Å². The van der Waals surface area contributed by atoms with Crippen LogP contribution in [0.3, 0.4) is 0 Å². The van der Waals surface area contributed by atoms with Gasteiger partial charge in [0.2, 0.25) is 5.91 Å². The van der Waals surface area contributed by atoms with E-state index < -0.39 is 0 Å². The van der Waals surface area contributed by atoms with Gasteiger partial charge in [-0.05, 0) is 33.0 Å². The molecule has 5 heteroatoms. The van der Waals surface area contributed by atoms with Crippen LogP contribution in [0.5, 0.6) is 0 Å². The molecule has 0 N–H and O–H groups in total. The summed E-state index contributed by atoms with van der Waals surface area (Å²) in [6, 6.07) is 10.1. The molecule has 0 saturated carbocycles. The van der Waals surface area contributed by atoms with E-state index in [1.807, 2.05) is 53.8 Å². The van der Waals surface area contributed by atoms with Gasteiger partial charge in [0, 0.05) is 42.9 Å². The molecule has 0 aliphatic carbocycles. The topological polar surface area (TPSA) is 41.4 Å². The van der Waals surface area contributed by atoms with Crippen LogP contribution in [0.25, 0.3) is 5.69 Å². The Balaban J connectivity index is 1.47. The van der Waals surface area contributed by atoms with Crippen LogP contribution in [0.1, 0.15) is 17.0 Å². The molecule has 1 aromatic carbocycles. The van der Waals surface area contributed by atoms with Crippen LogP contribution >= 0.6 is 0 Å². The summed E-state index contributed by atoms with van der Waals surface area (Å²) in [6.45, 7) is 8.13. The number of nitrogens with zero attached hydrogens (tertiary/aromatic N) is 4. The summed E-state index contributed by atoms with van der Waals surface area (Å²) in [5.74, 6) is 0.231. The van der Waals surface area contributed by atoms with E-state index in [9.17, 15) is 4.79 Å². The highest BCUT2D eigenvalue weighted by molar-refractivity contribution is 5.80. The number of amides is 1. The Morgan fingerprint density at radius 1 is 1.12 bits per heavy atom. The fourth-order valence-corrected chi connectivity index (χ4v) is 4.25. The second-order valence-corrected chi connectivity index (χ2v) is 7.50. The van der Waals surface area contributed by atoms with Gasteiger partial charge in [-0.3, -0.25) is 4.79 Å². The average molecular weight is 324 g/mol. The second-order valence-electron chi connectivity index (χ2n) is 7.50. The summed E-state index contributed by atoms with van der Waals surface area (Å²) >= 11 is 0. The van der Waals surface area contributed by atoms with Crippen LogP contribution < -0.4 is 0 Å². The summed E-state index contributed by atoms with van der Waals surface area (Å²) in [5.41, 5.74) is 4.50. The molecule has 2 aliphatic heterocycles. The number of rotatable bonds is 3. The van der Waals surface area contributed by atoms with Crippen molar-refractivity contribution in [2.24, 2.45) is 5.41 Å². The van der Waals surface area contributed by atoms with Gasteiger partial charge in [0.15, 0.2) is 0 Å². The predicted molar refractivity (Wildman–Crippen MR) is 93.3 cm³/mol. The molecule has 0 radical (unpaired) electrons. The summed E-state index contributed by atoms with van der Waals surface area (Å²) in [5, 5.41) is 4.64. The molecule has 1 amide bonds. The van der Waals surface area contributed by atoms with E-state index in [-0.39, 0.29) is 5.91 Å². The minimum absolute atomic E-state index is 0.231. The molecule has 5 nitrogen and oxygen atoms in total. The predicted octanol–water partition coefficient (Wildman–Crippen LogP) is 1.81. The molecule has 2 aromatic rings. The maximum atomic E-state index is 12.6. The zero-order valence-corrected chi connectivity index (χ0v) is 14.6. The SMILES string of the molecule is Cc1nn(-c2ccccc2)c(C)c1CC(=O)N1CC2(CN(C)C2)C1. The van der Waals surface area contributed by atoms with E-state index in [0.717, 1.165) is 48.8 Å². The fraction of sp³-hybridized carbons (Fsp3) is 0.474. The van der Waals surface area contributed by atoms with Gasteiger partial charge < -0.3 is 9.80 Å². The number of likely N-dealkylation sites (tertiary alicyclic amines) is 2. The van der Waals surface area contributed by atoms with Crippen molar-refractivity contribution in [2.75, 3.05) is 33.2 Å². The first-order valence-corrected chi connectivity index (χ1v) is 8.54. The second kappa shape index (κ2) is 5.45. The van der Waals surface area contributed by atoms with Crippen molar-refractivity contribution in [3.8, 4) is 5.69 Å². The fourth-order valence-electron chi connectivity index (χ4n) is 4.25. The highest BCUT2D eigenvalue weighted by Crippen LogP contribution is 2.38. The van der Waals surface area contributed by atoms with Crippen LogP contribution in [-0.2, 0) is 11.2 Å². The summed E-state index contributed by atoms with van der Waals surface area (Å²) in [4.78, 5) is 17.0. The van der Waals surface area contributed by atoms with Gasteiger partial charge in [0.25, 0.3) is 0 Å². The van der Waals surface area contributed by atoms with Crippen LogP contribution in [0.4, 0.5) is 0 Å². The van der Waals surface area contributed by atoms with Gasteiger partial charge in [-0.15, -0.1) is 0 Å². The first-order chi connectivity index (χ1) is 11.5. The molecule has 24 heavy (non-hydrogen) atoms. The van der Waals surface area contributed by atoms with Gasteiger partial charge in [-0.1, -0.05) is 18.2 Å². The minimum atomic E-state index is 0.231. The molecular weight excluding hydrogens is 300 g/mol. The molecule has 0 atom stereocenters.